The van der Waals surface area contributed by atoms with Gasteiger partial charge < -0.3 is 11.1 Å². The fraction of sp³-hybridized carbons (Fsp3) is 0.385. The molecule has 0 radical (unpaired) electrons. The molecule has 0 unspecified atom stereocenters. The summed E-state index contributed by atoms with van der Waals surface area (Å²) in [6, 6.07) is 1.57. The van der Waals surface area contributed by atoms with Gasteiger partial charge >= 0.3 is 0 Å². The minimum atomic E-state index is -0.559. The van der Waals surface area contributed by atoms with Crippen LogP contribution in [0.5, 0.6) is 0 Å². The lowest BCUT2D eigenvalue weighted by atomic mass is 10.3. The van der Waals surface area contributed by atoms with Gasteiger partial charge in [0.1, 0.15) is 17.3 Å². The van der Waals surface area contributed by atoms with E-state index in [1.807, 2.05) is 13.8 Å². The minimum Gasteiger partial charge on any atom is -0.370 e. The molecule has 2 heterocycles. The molecule has 0 atom stereocenters. The molecule has 0 aliphatic carbocycles. The third-order valence-corrected chi connectivity index (χ3v) is 2.83. The molecule has 0 saturated carbocycles. The molecule has 20 heavy (non-hydrogen) atoms. The topological polar surface area (TPSA) is 98.7 Å². The first kappa shape index (κ1) is 14.0. The van der Waals surface area contributed by atoms with E-state index in [9.17, 15) is 4.79 Å². The molecular weight excluding hydrogens is 256 g/mol. The van der Waals surface area contributed by atoms with Gasteiger partial charge in [0.2, 0.25) is 0 Å². The van der Waals surface area contributed by atoms with E-state index in [1.165, 1.54) is 0 Å². The number of carbonyl (C=O) groups is 1. The maximum atomic E-state index is 11.1. The summed E-state index contributed by atoms with van der Waals surface area (Å²) in [5, 5.41) is 7.39. The number of amides is 1. The number of nitrogens with two attached hydrogens (primary N) is 1. The number of aromatic nitrogens is 4. The van der Waals surface area contributed by atoms with E-state index in [-0.39, 0.29) is 5.69 Å². The van der Waals surface area contributed by atoms with Crippen LogP contribution in [0.3, 0.4) is 0 Å². The zero-order chi connectivity index (χ0) is 14.7. The van der Waals surface area contributed by atoms with Crippen molar-refractivity contribution in [2.75, 3.05) is 11.9 Å². The predicted octanol–water partition coefficient (Wildman–Crippen LogP) is 1.20. The van der Waals surface area contributed by atoms with E-state index < -0.39 is 5.91 Å². The summed E-state index contributed by atoms with van der Waals surface area (Å²) in [7, 11) is 0. The highest BCUT2D eigenvalue weighted by Crippen LogP contribution is 2.18. The van der Waals surface area contributed by atoms with E-state index in [0.29, 0.717) is 11.6 Å². The summed E-state index contributed by atoms with van der Waals surface area (Å²) in [6.45, 7) is 6.66. The van der Waals surface area contributed by atoms with Crippen molar-refractivity contribution in [3.63, 3.8) is 0 Å². The molecule has 0 spiro atoms. The van der Waals surface area contributed by atoms with E-state index in [1.54, 1.807) is 16.9 Å². The molecule has 2 aromatic rings. The Morgan fingerprint density at radius 1 is 1.40 bits per heavy atom. The Morgan fingerprint density at radius 3 is 2.75 bits per heavy atom. The highest BCUT2D eigenvalue weighted by molar-refractivity contribution is 5.90. The Hall–Kier alpha value is -2.44. The van der Waals surface area contributed by atoms with Crippen LogP contribution < -0.4 is 11.1 Å². The Labute approximate surface area is 117 Å². The van der Waals surface area contributed by atoms with E-state index in [4.69, 9.17) is 5.73 Å². The molecule has 0 bridgehead atoms. The zero-order valence-electron chi connectivity index (χ0n) is 11.8. The van der Waals surface area contributed by atoms with Crippen LogP contribution in [0.1, 0.15) is 35.2 Å². The van der Waals surface area contributed by atoms with Crippen molar-refractivity contribution >= 4 is 11.7 Å². The Balaban J connectivity index is 2.44. The van der Waals surface area contributed by atoms with Gasteiger partial charge in [0.15, 0.2) is 5.82 Å². The summed E-state index contributed by atoms with van der Waals surface area (Å²) in [4.78, 5) is 19.9. The molecule has 7 heteroatoms. The second-order valence-corrected chi connectivity index (χ2v) is 4.50. The van der Waals surface area contributed by atoms with E-state index in [0.717, 1.165) is 24.3 Å². The fourth-order valence-corrected chi connectivity index (χ4v) is 1.83. The summed E-state index contributed by atoms with van der Waals surface area (Å²) in [5.74, 6) is 1.51. The lowest BCUT2D eigenvalue weighted by Crippen LogP contribution is -2.14. The van der Waals surface area contributed by atoms with Gasteiger partial charge in [0.25, 0.3) is 5.91 Å². The van der Waals surface area contributed by atoms with Gasteiger partial charge in [-0.05, 0) is 26.3 Å². The molecule has 1 amide bonds. The molecule has 0 fully saturated rings. The molecule has 3 N–H and O–H groups in total. The van der Waals surface area contributed by atoms with Gasteiger partial charge in [0.05, 0.1) is 0 Å². The maximum Gasteiger partial charge on any atom is 0.269 e. The van der Waals surface area contributed by atoms with Gasteiger partial charge in [-0.3, -0.25) is 4.79 Å². The van der Waals surface area contributed by atoms with Crippen LogP contribution in [0.15, 0.2) is 12.3 Å². The van der Waals surface area contributed by atoms with Crippen LogP contribution in [0.4, 0.5) is 5.82 Å². The lowest BCUT2D eigenvalue weighted by molar-refractivity contribution is 0.0995. The number of carbonyl (C=O) groups excluding carboxylic acids is 1. The zero-order valence-corrected chi connectivity index (χ0v) is 11.8. The molecular formula is C13H18N6O. The Kier molecular flexibility index (Phi) is 3.97. The summed E-state index contributed by atoms with van der Waals surface area (Å²) in [5.41, 5.74) is 6.30. The first-order valence-corrected chi connectivity index (χ1v) is 6.48. The second-order valence-electron chi connectivity index (χ2n) is 4.50. The SMILES string of the molecule is CCCNc1nc(C)nc(-n2ccc(C(N)=O)n2)c1C. The number of primary amides is 1. The molecule has 7 nitrogen and oxygen atoms in total. The van der Waals surface area contributed by atoms with Crippen molar-refractivity contribution in [2.45, 2.75) is 27.2 Å². The van der Waals surface area contributed by atoms with Crippen molar-refractivity contribution in [1.29, 1.82) is 0 Å². The second kappa shape index (κ2) is 5.68. The standard InChI is InChI=1S/C13H18N6O/c1-4-6-15-12-8(2)13(17-9(3)16-12)19-7-5-10(18-19)11(14)20/h5,7H,4,6H2,1-3H3,(H2,14,20)(H,15,16,17). The van der Waals surface area contributed by atoms with Crippen LogP contribution in [0.25, 0.3) is 5.82 Å². The monoisotopic (exact) mass is 274 g/mol. The average molecular weight is 274 g/mol. The Morgan fingerprint density at radius 2 is 2.15 bits per heavy atom. The van der Waals surface area contributed by atoms with Crippen LogP contribution in [-0.2, 0) is 0 Å². The van der Waals surface area contributed by atoms with Gasteiger partial charge in [-0.2, -0.15) is 5.10 Å². The van der Waals surface area contributed by atoms with Crippen molar-refractivity contribution in [1.82, 2.24) is 19.7 Å². The quantitative estimate of drug-likeness (QED) is 0.853. The number of anilines is 1. The van der Waals surface area contributed by atoms with Gasteiger partial charge in [0, 0.05) is 18.3 Å². The first-order chi connectivity index (χ1) is 9.52. The molecule has 2 rings (SSSR count). The van der Waals surface area contributed by atoms with Crippen molar-refractivity contribution in [3.8, 4) is 5.82 Å². The molecule has 2 aromatic heterocycles. The predicted molar refractivity (Wildman–Crippen MR) is 75.9 cm³/mol. The maximum absolute atomic E-state index is 11.1. The molecule has 0 aromatic carbocycles. The minimum absolute atomic E-state index is 0.212. The number of nitrogens with zero attached hydrogens (tertiary/aromatic N) is 4. The number of rotatable bonds is 5. The normalized spacial score (nSPS) is 10.6. The van der Waals surface area contributed by atoms with Crippen LogP contribution in [0.2, 0.25) is 0 Å². The highest BCUT2D eigenvalue weighted by atomic mass is 16.1. The third kappa shape index (κ3) is 2.76. The van der Waals surface area contributed by atoms with Crippen LogP contribution in [-0.4, -0.2) is 32.2 Å². The number of hydrogen-bond acceptors (Lipinski definition) is 5. The van der Waals surface area contributed by atoms with Crippen LogP contribution in [0, 0.1) is 13.8 Å². The Bertz CT molecular complexity index is 634. The lowest BCUT2D eigenvalue weighted by Gasteiger charge is -2.12. The molecule has 0 saturated heterocycles. The molecule has 0 aliphatic heterocycles. The summed E-state index contributed by atoms with van der Waals surface area (Å²) in [6.07, 6.45) is 2.67. The summed E-state index contributed by atoms with van der Waals surface area (Å²) < 4.78 is 1.54. The largest absolute Gasteiger partial charge is 0.370 e. The van der Waals surface area contributed by atoms with E-state index in [2.05, 4.69) is 27.3 Å². The van der Waals surface area contributed by atoms with Gasteiger partial charge in [-0.1, -0.05) is 6.92 Å². The van der Waals surface area contributed by atoms with Crippen LogP contribution >= 0.6 is 0 Å². The number of hydrogen-bond donors (Lipinski definition) is 2. The van der Waals surface area contributed by atoms with Gasteiger partial charge in [-0.15, -0.1) is 0 Å². The van der Waals surface area contributed by atoms with Crippen molar-refractivity contribution in [2.24, 2.45) is 5.73 Å². The first-order valence-electron chi connectivity index (χ1n) is 6.48. The average Bonchev–Trinajstić information content (AvgIpc) is 2.89. The van der Waals surface area contributed by atoms with Crippen molar-refractivity contribution in [3.05, 3.63) is 29.3 Å². The molecule has 106 valence electrons. The highest BCUT2D eigenvalue weighted by Gasteiger charge is 2.13. The smallest absolute Gasteiger partial charge is 0.269 e. The fourth-order valence-electron chi connectivity index (χ4n) is 1.83. The number of aryl methyl sites for hydroxylation is 1. The van der Waals surface area contributed by atoms with Crippen molar-refractivity contribution < 1.29 is 4.79 Å². The van der Waals surface area contributed by atoms with Gasteiger partial charge in [-0.25, -0.2) is 14.6 Å². The molecule has 0 aliphatic rings. The third-order valence-electron chi connectivity index (χ3n) is 2.83. The van der Waals surface area contributed by atoms with E-state index >= 15 is 0 Å². The number of nitrogens with one attached hydrogen (secondary N) is 1. The summed E-state index contributed by atoms with van der Waals surface area (Å²) >= 11 is 0.